The topological polar surface area (TPSA) is 84.5 Å². The first-order valence-corrected chi connectivity index (χ1v) is 9.60. The van der Waals surface area contributed by atoms with Gasteiger partial charge in [0.1, 0.15) is 5.02 Å². The van der Waals surface area contributed by atoms with Crippen molar-refractivity contribution in [2.75, 3.05) is 36.0 Å². The summed E-state index contributed by atoms with van der Waals surface area (Å²) in [5.74, 6) is -0.636. The number of piperazine rings is 1. The molecule has 2 heterocycles. The number of nitro groups is 1. The van der Waals surface area contributed by atoms with Crippen molar-refractivity contribution in [3.63, 3.8) is 0 Å². The van der Waals surface area contributed by atoms with Gasteiger partial charge in [-0.25, -0.2) is 4.39 Å². The number of nitrogens with zero attached hydrogens (tertiary/aromatic N) is 5. The zero-order valence-electron chi connectivity index (χ0n) is 15.7. The quantitative estimate of drug-likeness (QED) is 0.467. The van der Waals surface area contributed by atoms with Crippen molar-refractivity contribution in [2.24, 2.45) is 0 Å². The third-order valence-corrected chi connectivity index (χ3v) is 5.36. The van der Waals surface area contributed by atoms with Gasteiger partial charge >= 0.3 is 0 Å². The molecule has 0 atom stereocenters. The molecule has 1 fully saturated rings. The average molecular weight is 430 g/mol. The summed E-state index contributed by atoms with van der Waals surface area (Å²) in [7, 11) is 0. The van der Waals surface area contributed by atoms with Crippen LogP contribution in [0, 0.1) is 15.9 Å². The van der Waals surface area contributed by atoms with Crippen molar-refractivity contribution in [3.05, 3.63) is 86.0 Å². The number of rotatable bonds is 4. The average Bonchev–Trinajstić information content (AvgIpc) is 2.76. The molecule has 154 valence electrons. The summed E-state index contributed by atoms with van der Waals surface area (Å²) in [4.78, 5) is 26.6. The molecular formula is C20H17ClFN5O3. The van der Waals surface area contributed by atoms with Crippen molar-refractivity contribution in [1.82, 2.24) is 9.78 Å². The third kappa shape index (κ3) is 3.71. The van der Waals surface area contributed by atoms with E-state index in [4.69, 9.17) is 11.6 Å². The highest BCUT2D eigenvalue weighted by Gasteiger charge is 2.24. The van der Waals surface area contributed by atoms with E-state index in [-0.39, 0.29) is 10.7 Å². The highest BCUT2D eigenvalue weighted by molar-refractivity contribution is 6.33. The Kier molecular flexibility index (Phi) is 5.37. The Balaban J connectivity index is 1.51. The Labute approximate surface area is 175 Å². The highest BCUT2D eigenvalue weighted by Crippen LogP contribution is 2.27. The maximum atomic E-state index is 14.3. The largest absolute Gasteiger partial charge is 0.366 e. The minimum atomic E-state index is -0.636. The first kappa shape index (κ1) is 19.8. The zero-order chi connectivity index (χ0) is 21.3. The SMILES string of the molecule is O=c1c(Cl)c(N2CCN(c3ccc([N+](=O)[O-])cc3F)CC2)cnn1-c1ccccc1. The molecule has 8 nitrogen and oxygen atoms in total. The van der Waals surface area contributed by atoms with Crippen LogP contribution in [0.3, 0.4) is 0 Å². The number of benzene rings is 2. The molecule has 1 saturated heterocycles. The fraction of sp³-hybridized carbons (Fsp3) is 0.200. The first-order chi connectivity index (χ1) is 14.5. The zero-order valence-corrected chi connectivity index (χ0v) is 16.5. The van der Waals surface area contributed by atoms with Crippen molar-refractivity contribution in [3.8, 4) is 5.69 Å². The Morgan fingerprint density at radius 3 is 2.23 bits per heavy atom. The van der Waals surface area contributed by atoms with E-state index < -0.39 is 16.3 Å². The molecule has 0 N–H and O–H groups in total. The molecule has 10 heteroatoms. The molecule has 0 unspecified atom stereocenters. The van der Waals surface area contributed by atoms with Crippen LogP contribution < -0.4 is 15.4 Å². The van der Waals surface area contributed by atoms with E-state index in [9.17, 15) is 19.3 Å². The number of hydrogen-bond acceptors (Lipinski definition) is 6. The lowest BCUT2D eigenvalue weighted by molar-refractivity contribution is -0.385. The normalized spacial score (nSPS) is 14.1. The van der Waals surface area contributed by atoms with Crippen molar-refractivity contribution in [2.45, 2.75) is 0 Å². The van der Waals surface area contributed by atoms with Gasteiger partial charge < -0.3 is 9.80 Å². The lowest BCUT2D eigenvalue weighted by Gasteiger charge is -2.37. The molecule has 0 saturated carbocycles. The summed E-state index contributed by atoms with van der Waals surface area (Å²) in [6.45, 7) is 1.92. The van der Waals surface area contributed by atoms with Gasteiger partial charge in [-0.2, -0.15) is 9.78 Å². The van der Waals surface area contributed by atoms with Crippen LogP contribution in [0.15, 0.2) is 59.5 Å². The third-order valence-electron chi connectivity index (χ3n) is 5.00. The lowest BCUT2D eigenvalue weighted by Crippen LogP contribution is -2.47. The molecule has 0 amide bonds. The number of aromatic nitrogens is 2. The monoisotopic (exact) mass is 429 g/mol. The van der Waals surface area contributed by atoms with E-state index in [2.05, 4.69) is 5.10 Å². The van der Waals surface area contributed by atoms with Gasteiger partial charge in [-0.3, -0.25) is 14.9 Å². The molecule has 1 aromatic heterocycles. The van der Waals surface area contributed by atoms with Crippen LogP contribution in [0.2, 0.25) is 5.02 Å². The summed E-state index contributed by atoms with van der Waals surface area (Å²) >= 11 is 6.35. The first-order valence-electron chi connectivity index (χ1n) is 9.23. The molecular weight excluding hydrogens is 413 g/mol. The van der Waals surface area contributed by atoms with Gasteiger partial charge in [0.2, 0.25) is 0 Å². The van der Waals surface area contributed by atoms with Gasteiger partial charge in [-0.05, 0) is 18.2 Å². The smallest absolute Gasteiger partial charge is 0.292 e. The van der Waals surface area contributed by atoms with Gasteiger partial charge in [-0.15, -0.1) is 0 Å². The van der Waals surface area contributed by atoms with E-state index in [1.165, 1.54) is 16.8 Å². The predicted octanol–water partition coefficient (Wildman–Crippen LogP) is 3.26. The van der Waals surface area contributed by atoms with Gasteiger partial charge in [0.25, 0.3) is 11.2 Å². The highest BCUT2D eigenvalue weighted by atomic mass is 35.5. The lowest BCUT2D eigenvalue weighted by atomic mass is 10.2. The van der Waals surface area contributed by atoms with Crippen molar-refractivity contribution >= 4 is 28.7 Å². The second-order valence-electron chi connectivity index (χ2n) is 6.76. The maximum Gasteiger partial charge on any atom is 0.292 e. The van der Waals surface area contributed by atoms with Crippen LogP contribution in [0.4, 0.5) is 21.5 Å². The molecule has 0 spiro atoms. The Bertz CT molecular complexity index is 1150. The van der Waals surface area contributed by atoms with E-state index in [0.717, 1.165) is 6.07 Å². The number of non-ortho nitro benzene ring substituents is 1. The minimum absolute atomic E-state index is 0.0730. The maximum absolute atomic E-state index is 14.3. The van der Waals surface area contributed by atoms with Gasteiger partial charge in [0.15, 0.2) is 5.82 Å². The molecule has 1 aliphatic rings. The van der Waals surface area contributed by atoms with E-state index in [1.807, 2.05) is 28.0 Å². The number of halogens is 2. The number of hydrogen-bond donors (Lipinski definition) is 0. The fourth-order valence-electron chi connectivity index (χ4n) is 3.45. The van der Waals surface area contributed by atoms with E-state index in [1.54, 1.807) is 18.3 Å². The molecule has 0 radical (unpaired) electrons. The van der Waals surface area contributed by atoms with Crippen LogP contribution in [-0.2, 0) is 0 Å². The van der Waals surface area contributed by atoms with Crippen molar-refractivity contribution in [1.29, 1.82) is 0 Å². The summed E-state index contributed by atoms with van der Waals surface area (Å²) < 4.78 is 15.5. The Morgan fingerprint density at radius 2 is 1.63 bits per heavy atom. The fourth-order valence-corrected chi connectivity index (χ4v) is 3.70. The molecule has 3 aromatic rings. The summed E-state index contributed by atoms with van der Waals surface area (Å²) in [6.07, 6.45) is 1.55. The summed E-state index contributed by atoms with van der Waals surface area (Å²) in [5.41, 5.74) is 0.756. The molecule has 1 aliphatic heterocycles. The number of para-hydroxylation sites is 1. The molecule has 4 rings (SSSR count). The van der Waals surface area contributed by atoms with E-state index in [0.29, 0.717) is 43.2 Å². The summed E-state index contributed by atoms with van der Waals surface area (Å²) in [6, 6.07) is 12.6. The number of nitro benzene ring substituents is 1. The van der Waals surface area contributed by atoms with Gasteiger partial charge in [0, 0.05) is 32.2 Å². The Hall–Kier alpha value is -3.46. The van der Waals surface area contributed by atoms with Gasteiger partial charge in [-0.1, -0.05) is 29.8 Å². The standard InChI is InChI=1S/C20H17ClFN5O3/c21-19-18(13-23-26(20(19)28)14-4-2-1-3-5-14)25-10-8-24(9-11-25)17-7-6-15(27(29)30)12-16(17)22/h1-7,12-13H,8-11H2. The number of anilines is 2. The summed E-state index contributed by atoms with van der Waals surface area (Å²) in [5, 5.41) is 15.1. The second-order valence-corrected chi connectivity index (χ2v) is 7.14. The molecule has 0 bridgehead atoms. The van der Waals surface area contributed by atoms with Gasteiger partial charge in [0.05, 0.1) is 34.2 Å². The van der Waals surface area contributed by atoms with Crippen LogP contribution >= 0.6 is 11.6 Å². The van der Waals surface area contributed by atoms with Crippen LogP contribution in [0.1, 0.15) is 0 Å². The second kappa shape index (κ2) is 8.11. The Morgan fingerprint density at radius 1 is 1.00 bits per heavy atom. The molecule has 30 heavy (non-hydrogen) atoms. The van der Waals surface area contributed by atoms with Crippen LogP contribution in [0.5, 0.6) is 0 Å². The van der Waals surface area contributed by atoms with Crippen molar-refractivity contribution < 1.29 is 9.31 Å². The van der Waals surface area contributed by atoms with Crippen LogP contribution in [0.25, 0.3) is 5.69 Å². The predicted molar refractivity (Wildman–Crippen MR) is 112 cm³/mol. The minimum Gasteiger partial charge on any atom is -0.366 e. The molecule has 0 aliphatic carbocycles. The van der Waals surface area contributed by atoms with E-state index >= 15 is 0 Å². The van der Waals surface area contributed by atoms with Crippen LogP contribution in [-0.4, -0.2) is 40.9 Å². The molecule has 2 aromatic carbocycles.